The average Bonchev–Trinajstić information content (AvgIpc) is 3.22. The van der Waals surface area contributed by atoms with Gasteiger partial charge in [-0.15, -0.1) is 11.3 Å². The molecule has 7 heteroatoms. The van der Waals surface area contributed by atoms with Gasteiger partial charge < -0.3 is 10.1 Å². The first-order valence-electron chi connectivity index (χ1n) is 9.30. The third kappa shape index (κ3) is 5.55. The van der Waals surface area contributed by atoms with Crippen LogP contribution in [0.3, 0.4) is 0 Å². The summed E-state index contributed by atoms with van der Waals surface area (Å²) in [6.45, 7) is 5.33. The molecule has 0 aliphatic carbocycles. The second-order valence-electron chi connectivity index (χ2n) is 7.56. The van der Waals surface area contributed by atoms with Crippen molar-refractivity contribution in [1.29, 1.82) is 0 Å². The fourth-order valence-electron chi connectivity index (χ4n) is 2.67. The normalized spacial score (nSPS) is 10.9. The Morgan fingerprint density at radius 3 is 2.30 bits per heavy atom. The highest BCUT2D eigenvalue weighted by molar-refractivity contribution is 7.13. The summed E-state index contributed by atoms with van der Waals surface area (Å²) in [6.07, 6.45) is 0.104. The van der Waals surface area contributed by atoms with Gasteiger partial charge >= 0.3 is 6.09 Å². The predicted octanol–water partition coefficient (Wildman–Crippen LogP) is 5.83. The van der Waals surface area contributed by atoms with Gasteiger partial charge in [-0.2, -0.15) is 0 Å². The molecule has 0 saturated heterocycles. The van der Waals surface area contributed by atoms with E-state index in [-0.39, 0.29) is 5.91 Å². The first-order chi connectivity index (χ1) is 14.2. The molecule has 6 nitrogen and oxygen atoms in total. The number of benzene rings is 2. The van der Waals surface area contributed by atoms with Gasteiger partial charge in [0, 0.05) is 16.0 Å². The van der Waals surface area contributed by atoms with Gasteiger partial charge in [0.15, 0.2) is 0 Å². The zero-order valence-corrected chi connectivity index (χ0v) is 17.7. The van der Waals surface area contributed by atoms with E-state index in [9.17, 15) is 14.4 Å². The SMILES string of the molecule is CC(C)(C)OC(=O)Nc1ccc(-c2cccs2)cc1NC(=O)c1ccc(C=O)cc1. The number of ether oxygens (including phenoxy) is 1. The van der Waals surface area contributed by atoms with Crippen LogP contribution in [-0.4, -0.2) is 23.9 Å². The van der Waals surface area contributed by atoms with Crippen LogP contribution >= 0.6 is 11.3 Å². The van der Waals surface area contributed by atoms with Gasteiger partial charge in [-0.3, -0.25) is 14.9 Å². The quantitative estimate of drug-likeness (QED) is 0.507. The van der Waals surface area contributed by atoms with Gasteiger partial charge in [0.2, 0.25) is 0 Å². The van der Waals surface area contributed by atoms with E-state index in [2.05, 4.69) is 10.6 Å². The van der Waals surface area contributed by atoms with Crippen LogP contribution in [0.25, 0.3) is 10.4 Å². The summed E-state index contributed by atoms with van der Waals surface area (Å²) in [4.78, 5) is 36.8. The molecular weight excluding hydrogens is 400 g/mol. The lowest BCUT2D eigenvalue weighted by Crippen LogP contribution is -2.27. The van der Waals surface area contributed by atoms with Crippen LogP contribution in [0.15, 0.2) is 60.0 Å². The molecule has 0 aliphatic heterocycles. The van der Waals surface area contributed by atoms with Crippen molar-refractivity contribution in [2.45, 2.75) is 26.4 Å². The van der Waals surface area contributed by atoms with Gasteiger partial charge in [-0.05, 0) is 62.0 Å². The molecular formula is C23H22N2O4S. The van der Waals surface area contributed by atoms with Gasteiger partial charge in [0.25, 0.3) is 5.91 Å². The van der Waals surface area contributed by atoms with Gasteiger partial charge in [-0.25, -0.2) is 4.79 Å². The van der Waals surface area contributed by atoms with Crippen molar-refractivity contribution >= 4 is 41.0 Å². The van der Waals surface area contributed by atoms with Crippen molar-refractivity contribution in [2.75, 3.05) is 10.6 Å². The number of rotatable bonds is 5. The minimum atomic E-state index is -0.648. The largest absolute Gasteiger partial charge is 0.444 e. The maximum Gasteiger partial charge on any atom is 0.412 e. The highest BCUT2D eigenvalue weighted by atomic mass is 32.1. The molecule has 3 aromatic rings. The molecule has 3 rings (SSSR count). The van der Waals surface area contributed by atoms with Crippen molar-refractivity contribution in [3.05, 3.63) is 71.1 Å². The lowest BCUT2D eigenvalue weighted by atomic mass is 10.1. The minimum absolute atomic E-state index is 0.358. The van der Waals surface area contributed by atoms with E-state index in [1.165, 1.54) is 0 Å². The second-order valence-corrected chi connectivity index (χ2v) is 8.51. The van der Waals surface area contributed by atoms with Crippen LogP contribution in [0.2, 0.25) is 0 Å². The van der Waals surface area contributed by atoms with Crippen molar-refractivity contribution in [1.82, 2.24) is 0 Å². The molecule has 154 valence electrons. The second kappa shape index (κ2) is 8.92. The van der Waals surface area contributed by atoms with E-state index >= 15 is 0 Å². The number of carbonyl (C=O) groups is 3. The summed E-state index contributed by atoms with van der Waals surface area (Å²) in [7, 11) is 0. The van der Waals surface area contributed by atoms with Crippen LogP contribution in [0.5, 0.6) is 0 Å². The zero-order chi connectivity index (χ0) is 21.7. The molecule has 0 aliphatic rings. The molecule has 0 unspecified atom stereocenters. The predicted molar refractivity (Wildman–Crippen MR) is 119 cm³/mol. The fourth-order valence-corrected chi connectivity index (χ4v) is 3.40. The summed E-state index contributed by atoms with van der Waals surface area (Å²) in [5.74, 6) is -0.358. The topological polar surface area (TPSA) is 84.5 Å². The first kappa shape index (κ1) is 21.3. The standard InChI is InChI=1S/C23H22N2O4S/c1-23(2,3)29-22(28)25-18-11-10-17(20-5-4-12-30-20)13-19(18)24-21(27)16-8-6-15(14-26)7-9-16/h4-14H,1-3H3,(H,24,27)(H,25,28). The van der Waals surface area contributed by atoms with Crippen molar-refractivity contribution in [3.63, 3.8) is 0 Å². The van der Waals surface area contributed by atoms with E-state index in [1.54, 1.807) is 68.5 Å². The molecule has 0 bridgehead atoms. The highest BCUT2D eigenvalue weighted by Gasteiger charge is 2.18. The Morgan fingerprint density at radius 2 is 1.70 bits per heavy atom. The highest BCUT2D eigenvalue weighted by Crippen LogP contribution is 2.32. The summed E-state index contributed by atoms with van der Waals surface area (Å²) in [5.41, 5.74) is 2.00. The molecule has 2 amide bonds. The van der Waals surface area contributed by atoms with E-state index in [0.29, 0.717) is 22.5 Å². The van der Waals surface area contributed by atoms with E-state index < -0.39 is 11.7 Å². The number of aldehydes is 1. The van der Waals surface area contributed by atoms with E-state index in [0.717, 1.165) is 16.7 Å². The van der Waals surface area contributed by atoms with Gasteiger partial charge in [-0.1, -0.05) is 24.3 Å². The maximum atomic E-state index is 12.7. The molecule has 2 N–H and O–H groups in total. The Balaban J connectivity index is 1.89. The van der Waals surface area contributed by atoms with Crippen LogP contribution < -0.4 is 10.6 Å². The third-order valence-corrected chi connectivity index (χ3v) is 4.94. The fraction of sp³-hybridized carbons (Fsp3) is 0.174. The Kier molecular flexibility index (Phi) is 6.32. The number of anilines is 2. The molecule has 1 heterocycles. The van der Waals surface area contributed by atoms with Gasteiger partial charge in [0.05, 0.1) is 11.4 Å². The van der Waals surface area contributed by atoms with E-state index in [4.69, 9.17) is 4.74 Å². The van der Waals surface area contributed by atoms with Crippen molar-refractivity contribution in [3.8, 4) is 10.4 Å². The van der Waals surface area contributed by atoms with Crippen LogP contribution in [0.4, 0.5) is 16.2 Å². The number of carbonyl (C=O) groups excluding carboxylic acids is 3. The summed E-state index contributed by atoms with van der Waals surface area (Å²) >= 11 is 1.57. The molecule has 0 fully saturated rings. The Labute approximate surface area is 178 Å². The smallest absolute Gasteiger partial charge is 0.412 e. The number of hydrogen-bond acceptors (Lipinski definition) is 5. The van der Waals surface area contributed by atoms with Crippen LogP contribution in [0, 0.1) is 0 Å². The zero-order valence-electron chi connectivity index (χ0n) is 16.9. The Hall–Kier alpha value is -3.45. The summed E-state index contributed by atoms with van der Waals surface area (Å²) < 4.78 is 5.32. The Morgan fingerprint density at radius 1 is 0.967 bits per heavy atom. The number of hydrogen-bond donors (Lipinski definition) is 2. The molecule has 0 atom stereocenters. The molecule has 30 heavy (non-hydrogen) atoms. The first-order valence-corrected chi connectivity index (χ1v) is 10.2. The molecule has 0 radical (unpaired) electrons. The monoisotopic (exact) mass is 422 g/mol. The Bertz CT molecular complexity index is 1050. The number of thiophene rings is 1. The number of nitrogens with one attached hydrogen (secondary N) is 2. The molecule has 0 saturated carbocycles. The minimum Gasteiger partial charge on any atom is -0.444 e. The maximum absolute atomic E-state index is 12.7. The summed E-state index contributed by atoms with van der Waals surface area (Å²) in [5, 5.41) is 7.51. The van der Waals surface area contributed by atoms with Crippen molar-refractivity contribution in [2.24, 2.45) is 0 Å². The molecule has 2 aromatic carbocycles. The van der Waals surface area contributed by atoms with Crippen molar-refractivity contribution < 1.29 is 19.1 Å². The third-order valence-electron chi connectivity index (χ3n) is 4.02. The summed E-state index contributed by atoms with van der Waals surface area (Å²) in [6, 6.07) is 15.6. The van der Waals surface area contributed by atoms with E-state index in [1.807, 2.05) is 23.6 Å². The van der Waals surface area contributed by atoms with Crippen LogP contribution in [0.1, 0.15) is 41.5 Å². The molecule has 1 aromatic heterocycles. The lowest BCUT2D eigenvalue weighted by molar-refractivity contribution is 0.0635. The number of amides is 2. The van der Waals surface area contributed by atoms with Gasteiger partial charge in [0.1, 0.15) is 11.9 Å². The molecule has 0 spiro atoms. The average molecular weight is 423 g/mol. The lowest BCUT2D eigenvalue weighted by Gasteiger charge is -2.21. The van der Waals surface area contributed by atoms with Crippen LogP contribution in [-0.2, 0) is 4.74 Å².